The quantitative estimate of drug-likeness (QED) is 0.410. The highest BCUT2D eigenvalue weighted by molar-refractivity contribution is 7.96. The van der Waals surface area contributed by atoms with Crippen molar-refractivity contribution in [2.45, 2.75) is 12.5 Å². The molecule has 0 rings (SSSR count). The first-order valence-electron chi connectivity index (χ1n) is 3.14. The first kappa shape index (κ1) is 10.9. The van der Waals surface area contributed by atoms with Gasteiger partial charge in [-0.05, 0) is 6.92 Å². The lowest BCUT2D eigenvalue weighted by Gasteiger charge is -2.26. The van der Waals surface area contributed by atoms with Crippen LogP contribution in [0.15, 0.2) is 0 Å². The summed E-state index contributed by atoms with van der Waals surface area (Å²) in [6.07, 6.45) is 0. The number of hydrogen-bond donors (Lipinski definition) is 4. The van der Waals surface area contributed by atoms with E-state index in [9.17, 15) is 9.90 Å². The smallest absolute Gasteiger partial charge is 0.217 e. The zero-order valence-electron chi connectivity index (χ0n) is 6.19. The van der Waals surface area contributed by atoms with Crippen molar-refractivity contribution in [3.8, 4) is 0 Å². The maximum Gasteiger partial charge on any atom is 0.217 e. The van der Waals surface area contributed by atoms with Gasteiger partial charge in [0.05, 0.1) is 13.2 Å². The molecule has 0 aromatic carbocycles. The Morgan fingerprint density at radius 3 is 2.00 bits per heavy atom. The molecule has 66 valence electrons. The monoisotopic (exact) mass is 180 g/mol. The molecule has 3 N–H and O–H groups in total. The highest BCUT2D eigenvalue weighted by Crippen LogP contribution is 2.18. The van der Waals surface area contributed by atoms with E-state index < -0.39 is 29.8 Å². The van der Waals surface area contributed by atoms with Crippen molar-refractivity contribution >= 4 is 17.7 Å². The molecule has 0 amide bonds. The third-order valence-electron chi connectivity index (χ3n) is 1.67. The Hall–Kier alpha value is -0.100. The molecule has 0 aromatic rings. The van der Waals surface area contributed by atoms with Crippen LogP contribution < -0.4 is 0 Å². The number of hydrogen-bond acceptors (Lipinski definition) is 4. The lowest BCUT2D eigenvalue weighted by Crippen LogP contribution is -2.44. The van der Waals surface area contributed by atoms with Gasteiger partial charge in [-0.2, -0.15) is 0 Å². The predicted molar refractivity (Wildman–Crippen MR) is 42.3 cm³/mol. The number of carbonyl (C=O) groups is 1. The maximum absolute atomic E-state index is 10.6. The van der Waals surface area contributed by atoms with Crippen molar-refractivity contribution in [2.24, 2.45) is 5.92 Å². The molecule has 5 heteroatoms. The minimum Gasteiger partial charge on any atom is -0.396 e. The zero-order valence-corrected chi connectivity index (χ0v) is 7.08. The molecule has 0 aromatic heterocycles. The van der Waals surface area contributed by atoms with Crippen molar-refractivity contribution in [1.29, 1.82) is 0 Å². The Labute approximate surface area is 70.3 Å². The van der Waals surface area contributed by atoms with Crippen molar-refractivity contribution < 1.29 is 20.1 Å². The Kier molecular flexibility index (Phi) is 4.02. The molecule has 0 spiro atoms. The van der Waals surface area contributed by atoms with Crippen LogP contribution in [0.5, 0.6) is 0 Å². The van der Waals surface area contributed by atoms with Gasteiger partial charge in [0.15, 0.2) is 0 Å². The van der Waals surface area contributed by atoms with Crippen LogP contribution in [-0.2, 0) is 4.79 Å². The van der Waals surface area contributed by atoms with Crippen LogP contribution in [0.2, 0.25) is 0 Å². The first-order valence-corrected chi connectivity index (χ1v) is 3.59. The summed E-state index contributed by atoms with van der Waals surface area (Å²) in [5, 5.41) is 25.8. The van der Waals surface area contributed by atoms with E-state index in [0.717, 1.165) is 0 Å². The molecule has 0 radical (unpaired) electrons. The van der Waals surface area contributed by atoms with Crippen LogP contribution in [0, 0.1) is 5.92 Å². The second kappa shape index (κ2) is 4.06. The van der Waals surface area contributed by atoms with Gasteiger partial charge in [-0.3, -0.25) is 4.79 Å². The van der Waals surface area contributed by atoms with Crippen LogP contribution in [0.1, 0.15) is 6.92 Å². The molecular weight excluding hydrogens is 168 g/mol. The normalized spacial score (nSPS) is 16.5. The molecule has 11 heavy (non-hydrogen) atoms. The van der Waals surface area contributed by atoms with Gasteiger partial charge in [0.25, 0.3) is 0 Å². The SMILES string of the molecule is CC(O)(C(=O)S)C(CO)CO. The fourth-order valence-corrected chi connectivity index (χ4v) is 0.770. The van der Waals surface area contributed by atoms with Crippen LogP contribution >= 0.6 is 12.6 Å². The molecule has 0 heterocycles. The predicted octanol–water partition coefficient (Wildman–Crippen LogP) is -1.21. The summed E-state index contributed by atoms with van der Waals surface area (Å²) in [5.74, 6) is -0.868. The molecule has 4 nitrogen and oxygen atoms in total. The molecule has 0 aliphatic carbocycles. The van der Waals surface area contributed by atoms with Gasteiger partial charge in [0.1, 0.15) is 5.60 Å². The topological polar surface area (TPSA) is 77.8 Å². The molecule has 0 bridgehead atoms. The summed E-state index contributed by atoms with van der Waals surface area (Å²) in [6.45, 7) is 0.311. The van der Waals surface area contributed by atoms with Crippen LogP contribution in [0.3, 0.4) is 0 Å². The lowest BCUT2D eigenvalue weighted by atomic mass is 9.92. The summed E-state index contributed by atoms with van der Waals surface area (Å²) < 4.78 is 0. The fourth-order valence-electron chi connectivity index (χ4n) is 0.588. The summed E-state index contributed by atoms with van der Waals surface area (Å²) >= 11 is 3.41. The van der Waals surface area contributed by atoms with Crippen molar-refractivity contribution in [3.05, 3.63) is 0 Å². The second-order valence-corrected chi connectivity index (χ2v) is 2.92. The third kappa shape index (κ3) is 2.44. The Morgan fingerprint density at radius 2 is 1.91 bits per heavy atom. The average molecular weight is 180 g/mol. The van der Waals surface area contributed by atoms with E-state index in [1.165, 1.54) is 6.92 Å². The Balaban J connectivity index is 4.36. The van der Waals surface area contributed by atoms with Gasteiger partial charge >= 0.3 is 0 Å². The molecular formula is C6H12O4S. The van der Waals surface area contributed by atoms with E-state index in [2.05, 4.69) is 12.6 Å². The van der Waals surface area contributed by atoms with Crippen LogP contribution in [0.4, 0.5) is 0 Å². The van der Waals surface area contributed by atoms with Crippen LogP contribution in [-0.4, -0.2) is 39.2 Å². The maximum atomic E-state index is 10.6. The van der Waals surface area contributed by atoms with Crippen molar-refractivity contribution in [1.82, 2.24) is 0 Å². The highest BCUT2D eigenvalue weighted by Gasteiger charge is 2.36. The van der Waals surface area contributed by atoms with E-state index >= 15 is 0 Å². The molecule has 0 aliphatic rings. The molecule has 1 atom stereocenters. The van der Waals surface area contributed by atoms with Crippen molar-refractivity contribution in [3.63, 3.8) is 0 Å². The number of aliphatic hydroxyl groups is 3. The minimum atomic E-state index is -1.76. The Bertz CT molecular complexity index is 142. The average Bonchev–Trinajstić information content (AvgIpc) is 1.89. The lowest BCUT2D eigenvalue weighted by molar-refractivity contribution is -0.135. The number of aliphatic hydroxyl groups excluding tert-OH is 2. The fraction of sp³-hybridized carbons (Fsp3) is 0.833. The number of thiol groups is 1. The third-order valence-corrected chi connectivity index (χ3v) is 2.12. The summed E-state index contributed by atoms with van der Waals surface area (Å²) in [5.41, 5.74) is -1.76. The summed E-state index contributed by atoms with van der Waals surface area (Å²) in [7, 11) is 0. The highest BCUT2D eigenvalue weighted by atomic mass is 32.1. The van der Waals surface area contributed by atoms with Gasteiger partial charge < -0.3 is 15.3 Å². The molecule has 0 saturated heterocycles. The Morgan fingerprint density at radius 1 is 1.55 bits per heavy atom. The van der Waals surface area contributed by atoms with E-state index in [-0.39, 0.29) is 0 Å². The van der Waals surface area contributed by atoms with E-state index in [1.807, 2.05) is 0 Å². The number of rotatable bonds is 4. The molecule has 0 saturated carbocycles. The molecule has 1 unspecified atom stereocenters. The van der Waals surface area contributed by atoms with Gasteiger partial charge in [-0.25, -0.2) is 0 Å². The summed E-state index contributed by atoms with van der Waals surface area (Å²) in [6, 6.07) is 0. The first-order chi connectivity index (χ1) is 4.96. The zero-order chi connectivity index (χ0) is 9.07. The second-order valence-electron chi connectivity index (χ2n) is 2.51. The van der Waals surface area contributed by atoms with Gasteiger partial charge in [-0.15, -0.1) is 12.6 Å². The largest absolute Gasteiger partial charge is 0.396 e. The van der Waals surface area contributed by atoms with E-state index in [1.54, 1.807) is 0 Å². The minimum absolute atomic E-state index is 0.449. The van der Waals surface area contributed by atoms with E-state index in [4.69, 9.17) is 10.2 Å². The van der Waals surface area contributed by atoms with E-state index in [0.29, 0.717) is 0 Å². The number of carbonyl (C=O) groups excluding carboxylic acids is 1. The van der Waals surface area contributed by atoms with Gasteiger partial charge in [0, 0.05) is 5.92 Å². The van der Waals surface area contributed by atoms with Crippen LogP contribution in [0.25, 0.3) is 0 Å². The summed E-state index contributed by atoms with van der Waals surface area (Å²) in [4.78, 5) is 10.6. The molecule has 0 fully saturated rings. The van der Waals surface area contributed by atoms with Gasteiger partial charge in [-0.1, -0.05) is 0 Å². The molecule has 0 aliphatic heterocycles. The van der Waals surface area contributed by atoms with Crippen molar-refractivity contribution in [2.75, 3.05) is 13.2 Å². The van der Waals surface area contributed by atoms with Gasteiger partial charge in [0.2, 0.25) is 5.12 Å². The standard InChI is InChI=1S/C6H12O4S/c1-6(10,5(9)11)4(2-7)3-8/h4,7-8,10H,2-3H2,1H3,(H,9,11).